The molecule has 1 aliphatic carbocycles. The van der Waals surface area contributed by atoms with Crippen molar-refractivity contribution in [3.8, 4) is 5.75 Å². The quantitative estimate of drug-likeness (QED) is 0.795. The Morgan fingerprint density at radius 1 is 1.08 bits per heavy atom. The maximum absolute atomic E-state index is 12.6. The van der Waals surface area contributed by atoms with Crippen molar-refractivity contribution in [2.75, 3.05) is 32.8 Å². The Morgan fingerprint density at radius 3 is 2.44 bits per heavy atom. The first-order valence-electron chi connectivity index (χ1n) is 8.35. The van der Waals surface area contributed by atoms with Gasteiger partial charge >= 0.3 is 0 Å². The van der Waals surface area contributed by atoms with E-state index in [4.69, 9.17) is 4.74 Å². The standard InChI is InChI=1S/C18H22N2O4S/c21-18(15-24-16-7-3-1-4-8-16)19-11-13-20(14-12-19)25(22,23)17-9-5-2-6-10-17/h1-9,17H,10-15H2. The Labute approximate surface area is 148 Å². The fourth-order valence-electron chi connectivity index (χ4n) is 2.92. The molecule has 1 heterocycles. The monoisotopic (exact) mass is 362 g/mol. The number of ether oxygens (including phenoxy) is 1. The first kappa shape index (κ1) is 17.7. The molecular weight excluding hydrogens is 340 g/mol. The van der Waals surface area contributed by atoms with Crippen molar-refractivity contribution in [3.63, 3.8) is 0 Å². The first-order chi connectivity index (χ1) is 12.1. The van der Waals surface area contributed by atoms with Gasteiger partial charge in [0.1, 0.15) is 5.75 Å². The van der Waals surface area contributed by atoms with E-state index in [1.54, 1.807) is 29.2 Å². The van der Waals surface area contributed by atoms with Crippen LogP contribution in [-0.4, -0.2) is 61.6 Å². The zero-order chi connectivity index (χ0) is 17.7. The Bertz CT molecular complexity index is 751. The van der Waals surface area contributed by atoms with Crippen LogP contribution in [0.2, 0.25) is 0 Å². The highest BCUT2D eigenvalue weighted by Gasteiger charge is 2.33. The average Bonchev–Trinajstić information content (AvgIpc) is 2.68. The SMILES string of the molecule is O=C(COc1ccccc1)N1CCN(S(=O)(=O)C2C=CC=CC2)CC1. The molecule has 0 saturated carbocycles. The van der Waals surface area contributed by atoms with Crippen molar-refractivity contribution < 1.29 is 17.9 Å². The lowest BCUT2D eigenvalue weighted by molar-refractivity contribution is -0.134. The topological polar surface area (TPSA) is 66.9 Å². The van der Waals surface area contributed by atoms with Crippen LogP contribution >= 0.6 is 0 Å². The van der Waals surface area contributed by atoms with Crippen molar-refractivity contribution in [2.24, 2.45) is 0 Å². The molecule has 0 N–H and O–H groups in total. The molecule has 7 heteroatoms. The molecule has 2 aliphatic rings. The molecule has 0 radical (unpaired) electrons. The van der Waals surface area contributed by atoms with E-state index in [9.17, 15) is 13.2 Å². The van der Waals surface area contributed by atoms with E-state index in [0.717, 1.165) is 0 Å². The van der Waals surface area contributed by atoms with Crippen LogP contribution in [0.4, 0.5) is 0 Å². The predicted molar refractivity (Wildman–Crippen MR) is 95.7 cm³/mol. The summed E-state index contributed by atoms with van der Waals surface area (Å²) >= 11 is 0. The van der Waals surface area contributed by atoms with Crippen LogP contribution in [0, 0.1) is 0 Å². The van der Waals surface area contributed by atoms with Gasteiger partial charge in [-0.15, -0.1) is 0 Å². The highest BCUT2D eigenvalue weighted by Crippen LogP contribution is 2.19. The van der Waals surface area contributed by atoms with Gasteiger partial charge in [0.2, 0.25) is 10.0 Å². The number of amides is 1. The third kappa shape index (κ3) is 4.29. The fourth-order valence-corrected chi connectivity index (χ4v) is 4.61. The van der Waals surface area contributed by atoms with Crippen LogP contribution in [0.5, 0.6) is 5.75 Å². The summed E-state index contributed by atoms with van der Waals surface area (Å²) in [4.78, 5) is 13.9. The van der Waals surface area contributed by atoms with E-state index in [1.807, 2.05) is 30.4 Å². The molecule has 6 nitrogen and oxygen atoms in total. The molecule has 1 saturated heterocycles. The van der Waals surface area contributed by atoms with E-state index in [0.29, 0.717) is 38.3 Å². The lowest BCUT2D eigenvalue weighted by atomic mass is 10.2. The molecule has 0 spiro atoms. The molecule has 1 atom stereocenters. The molecular formula is C18H22N2O4S. The smallest absolute Gasteiger partial charge is 0.260 e. The largest absolute Gasteiger partial charge is 0.484 e. The van der Waals surface area contributed by atoms with Crippen molar-refractivity contribution in [1.29, 1.82) is 0 Å². The second-order valence-corrected chi connectivity index (χ2v) is 8.17. The summed E-state index contributed by atoms with van der Waals surface area (Å²) in [7, 11) is -3.36. The van der Waals surface area contributed by atoms with Crippen LogP contribution < -0.4 is 4.74 Å². The van der Waals surface area contributed by atoms with E-state index < -0.39 is 15.3 Å². The van der Waals surface area contributed by atoms with Crippen LogP contribution in [0.3, 0.4) is 0 Å². The van der Waals surface area contributed by atoms with Crippen molar-refractivity contribution in [2.45, 2.75) is 11.7 Å². The third-order valence-electron chi connectivity index (χ3n) is 4.38. The maximum Gasteiger partial charge on any atom is 0.260 e. The number of hydrogen-bond donors (Lipinski definition) is 0. The number of hydrogen-bond acceptors (Lipinski definition) is 4. The molecule has 1 aromatic rings. The molecule has 0 bridgehead atoms. The molecule has 1 unspecified atom stereocenters. The number of carbonyl (C=O) groups excluding carboxylic acids is 1. The van der Waals surface area contributed by atoms with Gasteiger partial charge in [0.25, 0.3) is 5.91 Å². The zero-order valence-electron chi connectivity index (χ0n) is 14.0. The summed E-state index contributed by atoms with van der Waals surface area (Å²) in [5, 5.41) is -0.499. The second kappa shape index (κ2) is 7.84. The van der Waals surface area contributed by atoms with Crippen LogP contribution in [0.25, 0.3) is 0 Å². The Kier molecular flexibility index (Phi) is 5.55. The molecule has 134 valence electrons. The first-order valence-corrected chi connectivity index (χ1v) is 9.85. The van der Waals surface area contributed by atoms with Crippen LogP contribution in [0.1, 0.15) is 6.42 Å². The minimum absolute atomic E-state index is 0.0348. The van der Waals surface area contributed by atoms with Crippen molar-refractivity contribution >= 4 is 15.9 Å². The molecule has 1 fully saturated rings. The minimum Gasteiger partial charge on any atom is -0.484 e. The summed E-state index contributed by atoms with van der Waals surface area (Å²) < 4.78 is 32.2. The van der Waals surface area contributed by atoms with Gasteiger partial charge in [-0.1, -0.05) is 42.5 Å². The van der Waals surface area contributed by atoms with Crippen molar-refractivity contribution in [1.82, 2.24) is 9.21 Å². The normalized spacial score (nSPS) is 21.3. The molecule has 1 amide bonds. The fraction of sp³-hybridized carbons (Fsp3) is 0.389. The number of sulfonamides is 1. The number of para-hydroxylation sites is 1. The maximum atomic E-state index is 12.6. The number of rotatable bonds is 5. The van der Waals surface area contributed by atoms with E-state index in [1.165, 1.54) is 4.31 Å². The van der Waals surface area contributed by atoms with Gasteiger partial charge in [0.15, 0.2) is 6.61 Å². The Morgan fingerprint density at radius 2 is 1.80 bits per heavy atom. The molecule has 1 aromatic carbocycles. The van der Waals surface area contributed by atoms with Gasteiger partial charge in [-0.05, 0) is 18.6 Å². The van der Waals surface area contributed by atoms with Gasteiger partial charge in [-0.2, -0.15) is 4.31 Å². The predicted octanol–water partition coefficient (Wildman–Crippen LogP) is 1.42. The number of piperazine rings is 1. The highest BCUT2D eigenvalue weighted by atomic mass is 32.2. The van der Waals surface area contributed by atoms with Gasteiger partial charge < -0.3 is 9.64 Å². The number of benzene rings is 1. The second-order valence-electron chi connectivity index (χ2n) is 6.01. The van der Waals surface area contributed by atoms with E-state index >= 15 is 0 Å². The Hall–Kier alpha value is -2.12. The average molecular weight is 362 g/mol. The van der Waals surface area contributed by atoms with E-state index in [2.05, 4.69) is 0 Å². The van der Waals surface area contributed by atoms with Crippen LogP contribution in [0.15, 0.2) is 54.6 Å². The van der Waals surface area contributed by atoms with Gasteiger partial charge in [-0.25, -0.2) is 8.42 Å². The minimum atomic E-state index is -3.36. The van der Waals surface area contributed by atoms with Gasteiger partial charge in [0, 0.05) is 26.2 Å². The highest BCUT2D eigenvalue weighted by molar-refractivity contribution is 7.89. The van der Waals surface area contributed by atoms with E-state index in [-0.39, 0.29) is 12.5 Å². The van der Waals surface area contributed by atoms with Crippen molar-refractivity contribution in [3.05, 3.63) is 54.6 Å². The zero-order valence-corrected chi connectivity index (χ0v) is 14.8. The summed E-state index contributed by atoms with van der Waals surface area (Å²) in [6.07, 6.45) is 7.72. The molecule has 0 aromatic heterocycles. The lowest BCUT2D eigenvalue weighted by Gasteiger charge is -2.35. The summed E-state index contributed by atoms with van der Waals surface area (Å²) in [6.45, 7) is 1.40. The lowest BCUT2D eigenvalue weighted by Crippen LogP contribution is -2.53. The molecule has 3 rings (SSSR count). The van der Waals surface area contributed by atoms with Gasteiger partial charge in [0.05, 0.1) is 5.25 Å². The summed E-state index contributed by atoms with van der Waals surface area (Å²) in [5.41, 5.74) is 0. The number of allylic oxidation sites excluding steroid dienone is 3. The summed E-state index contributed by atoms with van der Waals surface area (Å²) in [5.74, 6) is 0.524. The third-order valence-corrected chi connectivity index (χ3v) is 6.58. The van der Waals surface area contributed by atoms with Gasteiger partial charge in [-0.3, -0.25) is 4.79 Å². The number of carbonyl (C=O) groups is 1. The summed E-state index contributed by atoms with van der Waals surface area (Å²) in [6, 6.07) is 9.16. The molecule has 1 aliphatic heterocycles. The molecule has 25 heavy (non-hydrogen) atoms. The Balaban J connectivity index is 1.50. The van der Waals surface area contributed by atoms with Crippen LogP contribution in [-0.2, 0) is 14.8 Å². The number of nitrogens with zero attached hydrogens (tertiary/aromatic N) is 2.